The average molecular weight is 542 g/mol. The maximum absolute atomic E-state index is 13.1. The summed E-state index contributed by atoms with van der Waals surface area (Å²) in [5.41, 5.74) is 9.73. The van der Waals surface area contributed by atoms with Gasteiger partial charge in [-0.25, -0.2) is 23.4 Å². The number of para-hydroxylation sites is 1. The minimum atomic E-state index is -4.94. The molecule has 1 heterocycles. The van der Waals surface area contributed by atoms with Gasteiger partial charge in [0.25, 0.3) is 0 Å². The topological polar surface area (TPSA) is 137 Å². The van der Waals surface area contributed by atoms with Crippen molar-refractivity contribution in [1.82, 2.24) is 0 Å². The molecule has 0 saturated carbocycles. The van der Waals surface area contributed by atoms with Gasteiger partial charge in [-0.15, -0.1) is 15.7 Å². The predicted molar refractivity (Wildman–Crippen MR) is 138 cm³/mol. The lowest BCUT2D eigenvalue weighted by atomic mass is 10.00. The summed E-state index contributed by atoms with van der Waals surface area (Å²) in [6.45, 7) is 0. The number of carbonyl (C=O) groups excluding carboxylic acids is 1. The number of aromatic nitrogens is 1. The van der Waals surface area contributed by atoms with E-state index in [-0.39, 0.29) is 6.03 Å². The van der Waals surface area contributed by atoms with E-state index >= 15 is 0 Å². The fourth-order valence-electron chi connectivity index (χ4n) is 3.94. The SMILES string of the molecule is O=C(Nc1ccccc1)N[n+]1c(-c2ccccc2)cc(-c2ccccc2)cc1-c1ccccc1.[O-][Cl+3]([O-])([O-])[O-]. The van der Waals surface area contributed by atoms with Gasteiger partial charge in [-0.2, -0.15) is 0 Å². The van der Waals surface area contributed by atoms with Crippen molar-refractivity contribution in [3.05, 3.63) is 133 Å². The van der Waals surface area contributed by atoms with Crippen LogP contribution in [0.2, 0.25) is 0 Å². The lowest BCUT2D eigenvalue weighted by Crippen LogP contribution is -2.68. The second-order valence-corrected chi connectivity index (χ2v) is 9.01. The maximum Gasteiger partial charge on any atom is 0.372 e. The van der Waals surface area contributed by atoms with Gasteiger partial charge < -0.3 is 5.32 Å². The third-order valence-electron chi connectivity index (χ3n) is 5.56. The van der Waals surface area contributed by atoms with Crippen molar-refractivity contribution in [3.63, 3.8) is 0 Å². The summed E-state index contributed by atoms with van der Waals surface area (Å²) in [5.74, 6) is 0. The Bertz CT molecular complexity index is 1430. The highest BCUT2D eigenvalue weighted by molar-refractivity contribution is 5.94. The number of nitrogens with zero attached hydrogens (tertiary/aromatic N) is 1. The van der Waals surface area contributed by atoms with Gasteiger partial charge in [-0.1, -0.05) is 89.6 Å². The monoisotopic (exact) mass is 541 g/mol. The Balaban J connectivity index is 0.000000648. The molecule has 9 heteroatoms. The van der Waals surface area contributed by atoms with Crippen molar-refractivity contribution >= 4 is 11.7 Å². The number of benzene rings is 4. The Kier molecular flexibility index (Phi) is 9.01. The van der Waals surface area contributed by atoms with Crippen LogP contribution in [0, 0.1) is 10.2 Å². The van der Waals surface area contributed by atoms with Gasteiger partial charge in [0.2, 0.25) is 11.4 Å². The van der Waals surface area contributed by atoms with Crippen LogP contribution in [0.4, 0.5) is 10.5 Å². The first-order valence-corrected chi connectivity index (χ1v) is 13.0. The van der Waals surface area contributed by atoms with E-state index in [1.54, 1.807) is 0 Å². The van der Waals surface area contributed by atoms with Crippen LogP contribution in [0.3, 0.4) is 0 Å². The molecule has 39 heavy (non-hydrogen) atoms. The van der Waals surface area contributed by atoms with E-state index in [0.29, 0.717) is 0 Å². The second-order valence-electron chi connectivity index (χ2n) is 8.26. The third-order valence-corrected chi connectivity index (χ3v) is 5.56. The van der Waals surface area contributed by atoms with Crippen LogP contribution in [0.25, 0.3) is 33.6 Å². The normalized spacial score (nSPS) is 10.7. The molecule has 0 bridgehead atoms. The summed E-state index contributed by atoms with van der Waals surface area (Å²) in [5, 5.41) is 2.92. The minimum absolute atomic E-state index is 0.321. The Morgan fingerprint density at radius 3 is 1.31 bits per heavy atom. The molecule has 4 aromatic carbocycles. The Morgan fingerprint density at radius 1 is 0.538 bits per heavy atom. The summed E-state index contributed by atoms with van der Waals surface area (Å²) in [4.78, 5) is 13.1. The van der Waals surface area contributed by atoms with Gasteiger partial charge in [-0.05, 0) is 47.5 Å². The van der Waals surface area contributed by atoms with E-state index in [2.05, 4.69) is 35.0 Å². The van der Waals surface area contributed by atoms with Crippen LogP contribution in [0.15, 0.2) is 133 Å². The summed E-state index contributed by atoms with van der Waals surface area (Å²) in [7, 11) is -4.94. The number of rotatable bonds is 5. The molecule has 5 aromatic rings. The molecule has 0 fully saturated rings. The van der Waals surface area contributed by atoms with E-state index in [1.165, 1.54) is 0 Å². The molecule has 0 atom stereocenters. The molecule has 2 amide bonds. The minimum Gasteiger partial charge on any atom is -0.304 e. The third kappa shape index (κ3) is 8.21. The van der Waals surface area contributed by atoms with Crippen LogP contribution in [-0.2, 0) is 0 Å². The van der Waals surface area contributed by atoms with Crippen LogP contribution in [-0.4, -0.2) is 6.03 Å². The zero-order valence-corrected chi connectivity index (χ0v) is 21.3. The molecule has 0 radical (unpaired) electrons. The number of halogens is 1. The largest absolute Gasteiger partial charge is 0.372 e. The van der Waals surface area contributed by atoms with Crippen LogP contribution in [0.5, 0.6) is 0 Å². The van der Waals surface area contributed by atoms with Crippen molar-refractivity contribution in [2.75, 3.05) is 10.7 Å². The van der Waals surface area contributed by atoms with Crippen molar-refractivity contribution in [3.8, 4) is 33.6 Å². The number of carbonyl (C=O) groups is 1. The molecule has 196 valence electrons. The number of amides is 2. The standard InChI is InChI=1S/C30H23N3O.ClHO4/c34-30(31-27-19-11-4-12-20-27)32-33-28(24-15-7-2-8-16-24)21-26(23-13-5-1-6-14-23)22-29(33)25-17-9-3-10-18-25;2-1(3,4)5/h1-22H,(H-,31,32,34);(H,2,3,4,5). The number of pyridine rings is 1. The van der Waals surface area contributed by atoms with E-state index in [4.69, 9.17) is 18.6 Å². The molecular formula is C30H24ClN3O5. The molecule has 8 nitrogen and oxygen atoms in total. The van der Waals surface area contributed by atoms with Crippen LogP contribution >= 0.6 is 0 Å². The molecule has 1 aromatic heterocycles. The highest BCUT2D eigenvalue weighted by atomic mass is 35.7. The highest BCUT2D eigenvalue weighted by Crippen LogP contribution is 2.28. The molecule has 0 aliphatic carbocycles. The smallest absolute Gasteiger partial charge is 0.304 e. The van der Waals surface area contributed by atoms with Gasteiger partial charge in [0.05, 0.1) is 0 Å². The van der Waals surface area contributed by atoms with Gasteiger partial charge >= 0.3 is 6.03 Å². The Labute approximate surface area is 227 Å². The lowest BCUT2D eigenvalue weighted by Gasteiger charge is -2.17. The number of hydrogen-bond acceptors (Lipinski definition) is 5. The van der Waals surface area contributed by atoms with Crippen molar-refractivity contribution in [1.29, 1.82) is 0 Å². The van der Waals surface area contributed by atoms with E-state index in [9.17, 15) is 4.79 Å². The first-order chi connectivity index (χ1) is 18.8. The van der Waals surface area contributed by atoms with Crippen molar-refractivity contribution in [2.24, 2.45) is 0 Å². The fraction of sp³-hybridized carbons (Fsp3) is 0. The molecule has 0 unspecified atom stereocenters. The van der Waals surface area contributed by atoms with E-state index < -0.39 is 10.2 Å². The van der Waals surface area contributed by atoms with Gasteiger partial charge in [0.1, 0.15) is 0 Å². The number of anilines is 1. The van der Waals surface area contributed by atoms with Gasteiger partial charge in [-0.3, -0.25) is 0 Å². The lowest BCUT2D eigenvalue weighted by molar-refractivity contribution is -2.00. The van der Waals surface area contributed by atoms with Crippen LogP contribution < -0.4 is 34.1 Å². The molecular weight excluding hydrogens is 518 g/mol. The molecule has 2 N–H and O–H groups in total. The highest BCUT2D eigenvalue weighted by Gasteiger charge is 2.25. The second kappa shape index (κ2) is 12.8. The molecule has 0 saturated heterocycles. The summed E-state index contributed by atoms with van der Waals surface area (Å²) in [6, 6.07) is 43.8. The molecule has 0 aliphatic rings. The molecule has 0 aliphatic heterocycles. The van der Waals surface area contributed by atoms with E-state index in [0.717, 1.165) is 39.3 Å². The van der Waals surface area contributed by atoms with Crippen molar-refractivity contribution < 1.29 is 38.3 Å². The fourth-order valence-corrected chi connectivity index (χ4v) is 3.94. The zero-order valence-electron chi connectivity index (χ0n) is 20.6. The van der Waals surface area contributed by atoms with Gasteiger partial charge in [0, 0.05) is 28.9 Å². The van der Waals surface area contributed by atoms with Crippen LogP contribution in [0.1, 0.15) is 0 Å². The van der Waals surface area contributed by atoms with E-state index in [1.807, 2.05) is 114 Å². The predicted octanol–water partition coefficient (Wildman–Crippen LogP) is 1.99. The number of nitrogens with one attached hydrogen (secondary N) is 2. The Morgan fingerprint density at radius 2 is 0.897 bits per heavy atom. The van der Waals surface area contributed by atoms with Gasteiger partial charge in [0.15, 0.2) is 0 Å². The average Bonchev–Trinajstić information content (AvgIpc) is 2.94. The molecule has 0 spiro atoms. The zero-order chi connectivity index (χ0) is 27.7. The first-order valence-electron chi connectivity index (χ1n) is 11.8. The van der Waals surface area contributed by atoms with Crippen molar-refractivity contribution in [2.45, 2.75) is 0 Å². The number of hydrogen-bond donors (Lipinski definition) is 2. The first kappa shape index (κ1) is 27.5. The quantitative estimate of drug-likeness (QED) is 0.328. The number of urea groups is 1. The summed E-state index contributed by atoms with van der Waals surface area (Å²) < 4.78 is 35.8. The molecule has 5 rings (SSSR count). The Hall–Kier alpha value is -4.57. The summed E-state index contributed by atoms with van der Waals surface area (Å²) >= 11 is 0. The summed E-state index contributed by atoms with van der Waals surface area (Å²) in [6.07, 6.45) is 0. The maximum atomic E-state index is 13.1.